The van der Waals surface area contributed by atoms with Crippen molar-refractivity contribution in [3.05, 3.63) is 0 Å². The van der Waals surface area contributed by atoms with Crippen molar-refractivity contribution in [1.82, 2.24) is 0 Å². The number of halogens is 1. The number of hydrogen-bond donors (Lipinski definition) is 1. The van der Waals surface area contributed by atoms with E-state index in [1.54, 1.807) is 0 Å². The van der Waals surface area contributed by atoms with E-state index in [9.17, 15) is 4.39 Å². The number of nitrogens with two attached hydrogens (primary N) is 1. The highest BCUT2D eigenvalue weighted by Gasteiger charge is 2.31. The molecule has 1 fully saturated rings. The fourth-order valence-corrected chi connectivity index (χ4v) is 0.996. The molecule has 0 radical (unpaired) electrons. The Morgan fingerprint density at radius 1 is 1.70 bits per heavy atom. The van der Waals surface area contributed by atoms with Crippen molar-refractivity contribution in [2.24, 2.45) is 5.73 Å². The van der Waals surface area contributed by atoms with Crippen LogP contribution in [0.3, 0.4) is 0 Å². The molecule has 2 N–H and O–H groups in total. The van der Waals surface area contributed by atoms with E-state index in [2.05, 4.69) is 0 Å². The van der Waals surface area contributed by atoms with Crippen LogP contribution < -0.4 is 5.73 Å². The first-order valence-corrected chi connectivity index (χ1v) is 3.29. The molecule has 60 valence electrons. The molecule has 1 saturated heterocycles. The normalized spacial score (nSPS) is 41.7. The minimum Gasteiger partial charge on any atom is -0.354 e. The second-order valence-electron chi connectivity index (χ2n) is 2.36. The molecule has 10 heavy (non-hydrogen) atoms. The van der Waals surface area contributed by atoms with E-state index < -0.39 is 18.5 Å². The molecule has 0 saturated carbocycles. The fourth-order valence-electron chi connectivity index (χ4n) is 0.996. The highest BCUT2D eigenvalue weighted by atomic mass is 19.1. The molecule has 0 aromatic rings. The van der Waals surface area contributed by atoms with E-state index >= 15 is 0 Å². The van der Waals surface area contributed by atoms with Gasteiger partial charge < -0.3 is 15.2 Å². The lowest BCUT2D eigenvalue weighted by atomic mass is 10.1. The summed E-state index contributed by atoms with van der Waals surface area (Å²) in [4.78, 5) is 0. The predicted octanol–water partition coefficient (Wildman–Crippen LogP) is 0.0446. The summed E-state index contributed by atoms with van der Waals surface area (Å²) in [6, 6.07) is -0.626. The average molecular weight is 149 g/mol. The Morgan fingerprint density at radius 2 is 2.40 bits per heavy atom. The SMILES string of the molecule is CO[C@H]1OCC[C@H](F)[C@H]1N. The molecular formula is C6H12FNO2. The van der Waals surface area contributed by atoms with Crippen LogP contribution in [0.15, 0.2) is 0 Å². The molecule has 0 unspecified atom stereocenters. The minimum absolute atomic E-state index is 0.376. The van der Waals surface area contributed by atoms with E-state index in [0.29, 0.717) is 13.0 Å². The maximum absolute atomic E-state index is 12.7. The third-order valence-corrected chi connectivity index (χ3v) is 1.64. The quantitative estimate of drug-likeness (QED) is 0.572. The van der Waals surface area contributed by atoms with Crippen molar-refractivity contribution >= 4 is 0 Å². The van der Waals surface area contributed by atoms with Crippen LogP contribution in [0.25, 0.3) is 0 Å². The van der Waals surface area contributed by atoms with Crippen molar-refractivity contribution in [1.29, 1.82) is 0 Å². The van der Waals surface area contributed by atoms with E-state index in [1.807, 2.05) is 0 Å². The van der Waals surface area contributed by atoms with Crippen LogP contribution >= 0.6 is 0 Å². The maximum atomic E-state index is 12.7. The highest BCUT2D eigenvalue weighted by molar-refractivity contribution is 4.79. The predicted molar refractivity (Wildman–Crippen MR) is 34.2 cm³/mol. The van der Waals surface area contributed by atoms with Gasteiger partial charge >= 0.3 is 0 Å². The summed E-state index contributed by atoms with van der Waals surface area (Å²) in [5, 5.41) is 0. The lowest BCUT2D eigenvalue weighted by Crippen LogP contribution is -2.49. The third kappa shape index (κ3) is 1.45. The van der Waals surface area contributed by atoms with Gasteiger partial charge in [-0.05, 0) is 0 Å². The molecule has 0 amide bonds. The molecule has 1 aliphatic heterocycles. The topological polar surface area (TPSA) is 44.5 Å². The summed E-state index contributed by atoms with van der Waals surface area (Å²) in [7, 11) is 1.46. The third-order valence-electron chi connectivity index (χ3n) is 1.64. The number of rotatable bonds is 1. The average Bonchev–Trinajstić information content (AvgIpc) is 1.95. The lowest BCUT2D eigenvalue weighted by Gasteiger charge is -2.30. The van der Waals surface area contributed by atoms with Crippen molar-refractivity contribution < 1.29 is 13.9 Å². The summed E-state index contributed by atoms with van der Waals surface area (Å²) >= 11 is 0. The number of ether oxygens (including phenoxy) is 2. The van der Waals surface area contributed by atoms with Crippen LogP contribution in [0.1, 0.15) is 6.42 Å². The van der Waals surface area contributed by atoms with Gasteiger partial charge in [-0.1, -0.05) is 0 Å². The van der Waals surface area contributed by atoms with Gasteiger partial charge in [0.05, 0.1) is 12.6 Å². The van der Waals surface area contributed by atoms with Gasteiger partial charge in [0.15, 0.2) is 6.29 Å². The number of alkyl halides is 1. The maximum Gasteiger partial charge on any atom is 0.174 e. The van der Waals surface area contributed by atoms with Crippen LogP contribution in [0.4, 0.5) is 4.39 Å². The molecule has 3 atom stereocenters. The van der Waals surface area contributed by atoms with E-state index in [4.69, 9.17) is 15.2 Å². The summed E-state index contributed by atoms with van der Waals surface area (Å²) < 4.78 is 22.5. The van der Waals surface area contributed by atoms with Crippen LogP contribution in [-0.4, -0.2) is 32.2 Å². The number of methoxy groups -OCH3 is 1. The minimum atomic E-state index is -0.987. The van der Waals surface area contributed by atoms with Gasteiger partial charge in [0.25, 0.3) is 0 Å². The zero-order valence-corrected chi connectivity index (χ0v) is 5.92. The first-order chi connectivity index (χ1) is 4.75. The molecule has 1 aliphatic rings. The standard InChI is InChI=1S/C6H12FNO2/c1-9-6-5(8)4(7)2-3-10-6/h4-6H,2-3,8H2,1H3/t4-,5+,6-/m0/s1. The summed E-state index contributed by atoms with van der Waals surface area (Å²) in [6.07, 6.45) is -1.18. The second kappa shape index (κ2) is 3.27. The molecule has 0 aliphatic carbocycles. The Hall–Kier alpha value is -0.190. The summed E-state index contributed by atoms with van der Waals surface area (Å²) in [5.74, 6) is 0. The Bertz CT molecular complexity index is 112. The molecule has 1 heterocycles. The van der Waals surface area contributed by atoms with Gasteiger partial charge in [0.1, 0.15) is 6.17 Å². The van der Waals surface area contributed by atoms with Crippen LogP contribution in [0.2, 0.25) is 0 Å². The van der Waals surface area contributed by atoms with Crippen molar-refractivity contribution in [2.45, 2.75) is 24.9 Å². The van der Waals surface area contributed by atoms with Crippen molar-refractivity contribution in [3.63, 3.8) is 0 Å². The molecule has 0 aromatic carbocycles. The van der Waals surface area contributed by atoms with Gasteiger partial charge in [0, 0.05) is 13.5 Å². The smallest absolute Gasteiger partial charge is 0.174 e. The zero-order valence-electron chi connectivity index (χ0n) is 5.92. The second-order valence-corrected chi connectivity index (χ2v) is 2.36. The summed E-state index contributed by atoms with van der Waals surface area (Å²) in [6.45, 7) is 0.396. The molecule has 1 rings (SSSR count). The zero-order chi connectivity index (χ0) is 7.56. The molecule has 0 aromatic heterocycles. The summed E-state index contributed by atoms with van der Waals surface area (Å²) in [5.41, 5.74) is 5.41. The lowest BCUT2D eigenvalue weighted by molar-refractivity contribution is -0.172. The largest absolute Gasteiger partial charge is 0.354 e. The number of hydrogen-bond acceptors (Lipinski definition) is 3. The first-order valence-electron chi connectivity index (χ1n) is 3.29. The molecular weight excluding hydrogens is 137 g/mol. The molecule has 0 bridgehead atoms. The Labute approximate surface area is 59.3 Å². The van der Waals surface area contributed by atoms with E-state index in [0.717, 1.165) is 0 Å². The van der Waals surface area contributed by atoms with Crippen LogP contribution in [0, 0.1) is 0 Å². The van der Waals surface area contributed by atoms with Gasteiger partial charge in [0.2, 0.25) is 0 Å². The Kier molecular flexibility index (Phi) is 2.59. The fraction of sp³-hybridized carbons (Fsp3) is 1.00. The Morgan fingerprint density at radius 3 is 2.90 bits per heavy atom. The van der Waals surface area contributed by atoms with Crippen LogP contribution in [0.5, 0.6) is 0 Å². The van der Waals surface area contributed by atoms with Gasteiger partial charge in [-0.3, -0.25) is 0 Å². The van der Waals surface area contributed by atoms with Crippen molar-refractivity contribution in [2.75, 3.05) is 13.7 Å². The highest BCUT2D eigenvalue weighted by Crippen LogP contribution is 2.15. The van der Waals surface area contributed by atoms with E-state index in [-0.39, 0.29) is 0 Å². The monoisotopic (exact) mass is 149 g/mol. The Balaban J connectivity index is 2.42. The first kappa shape index (κ1) is 7.91. The van der Waals surface area contributed by atoms with Crippen molar-refractivity contribution in [3.8, 4) is 0 Å². The van der Waals surface area contributed by atoms with Gasteiger partial charge in [-0.15, -0.1) is 0 Å². The van der Waals surface area contributed by atoms with Gasteiger partial charge in [-0.2, -0.15) is 0 Å². The molecule has 4 heteroatoms. The van der Waals surface area contributed by atoms with E-state index in [1.165, 1.54) is 7.11 Å². The van der Waals surface area contributed by atoms with Crippen LogP contribution in [-0.2, 0) is 9.47 Å². The molecule has 3 nitrogen and oxygen atoms in total. The molecule has 0 spiro atoms. The van der Waals surface area contributed by atoms with Gasteiger partial charge in [-0.25, -0.2) is 4.39 Å².